The van der Waals surface area contributed by atoms with Gasteiger partial charge in [0.2, 0.25) is 0 Å². The highest BCUT2D eigenvalue weighted by Gasteiger charge is 2.31. The molecule has 1 fully saturated rings. The van der Waals surface area contributed by atoms with E-state index in [0.29, 0.717) is 12.5 Å². The number of hydrogen-bond donors (Lipinski definition) is 1. The number of ether oxygens (including phenoxy) is 2. The monoisotopic (exact) mass is 258 g/mol. The maximum atomic E-state index is 11.7. The Morgan fingerprint density at radius 1 is 1.33 bits per heavy atom. The van der Waals surface area contributed by atoms with Crippen molar-refractivity contribution in [2.24, 2.45) is 17.8 Å². The Morgan fingerprint density at radius 3 is 2.61 bits per heavy atom. The van der Waals surface area contributed by atoms with Crippen LogP contribution < -0.4 is 0 Å². The maximum absolute atomic E-state index is 11.7. The van der Waals surface area contributed by atoms with Crippen molar-refractivity contribution in [3.63, 3.8) is 0 Å². The van der Waals surface area contributed by atoms with E-state index in [1.54, 1.807) is 6.92 Å². The van der Waals surface area contributed by atoms with E-state index in [-0.39, 0.29) is 30.5 Å². The van der Waals surface area contributed by atoms with Gasteiger partial charge in [-0.15, -0.1) is 0 Å². The van der Waals surface area contributed by atoms with Crippen LogP contribution in [0.3, 0.4) is 0 Å². The number of rotatable bonds is 3. The van der Waals surface area contributed by atoms with Crippen LogP contribution >= 0.6 is 0 Å². The highest BCUT2D eigenvalue weighted by atomic mass is 16.6. The van der Waals surface area contributed by atoms with Gasteiger partial charge in [0.05, 0.1) is 25.2 Å². The van der Waals surface area contributed by atoms with E-state index >= 15 is 0 Å². The number of aliphatic hydroxyl groups excluding tert-OH is 1. The number of cyclic esters (lactones) is 1. The Kier molecular flexibility index (Phi) is 6.09. The Morgan fingerprint density at radius 2 is 2.00 bits per heavy atom. The first-order valence-corrected chi connectivity index (χ1v) is 6.88. The zero-order chi connectivity index (χ0) is 13.7. The Balaban J connectivity index is 2.67. The quantitative estimate of drug-likeness (QED) is 0.787. The fraction of sp³-hybridized carbons (Fsp3) is 0.929. The van der Waals surface area contributed by atoms with E-state index in [9.17, 15) is 9.90 Å². The lowest BCUT2D eigenvalue weighted by molar-refractivity contribution is -0.156. The summed E-state index contributed by atoms with van der Waals surface area (Å²) in [6.07, 6.45) is 1.05. The van der Waals surface area contributed by atoms with E-state index in [4.69, 9.17) is 9.47 Å². The molecule has 0 aromatic rings. The molecule has 0 aromatic heterocycles. The minimum absolute atomic E-state index is 0.0401. The highest BCUT2D eigenvalue weighted by molar-refractivity contribution is 5.72. The second-order valence-corrected chi connectivity index (χ2v) is 5.78. The van der Waals surface area contributed by atoms with E-state index in [1.807, 2.05) is 6.92 Å². The van der Waals surface area contributed by atoms with Gasteiger partial charge in [-0.25, -0.2) is 0 Å². The molecular weight excluding hydrogens is 232 g/mol. The molecule has 1 heterocycles. The summed E-state index contributed by atoms with van der Waals surface area (Å²) in [5.74, 6) is 0.0452. The lowest BCUT2D eigenvalue weighted by Gasteiger charge is -2.27. The lowest BCUT2D eigenvalue weighted by atomic mass is 9.89. The lowest BCUT2D eigenvalue weighted by Crippen LogP contribution is -2.35. The predicted molar refractivity (Wildman–Crippen MR) is 69.1 cm³/mol. The third-order valence-electron chi connectivity index (χ3n) is 3.54. The van der Waals surface area contributed by atoms with Gasteiger partial charge in [-0.1, -0.05) is 20.3 Å². The summed E-state index contributed by atoms with van der Waals surface area (Å²) in [7, 11) is 0. The minimum atomic E-state index is -0.558. The first-order chi connectivity index (χ1) is 8.41. The van der Waals surface area contributed by atoms with Crippen molar-refractivity contribution in [1.29, 1.82) is 0 Å². The van der Waals surface area contributed by atoms with Gasteiger partial charge in [0.15, 0.2) is 0 Å². The van der Waals surface area contributed by atoms with E-state index in [0.717, 1.165) is 12.8 Å². The molecular formula is C14H26O4. The van der Waals surface area contributed by atoms with Crippen LogP contribution in [0, 0.1) is 17.8 Å². The summed E-state index contributed by atoms with van der Waals surface area (Å²) in [5, 5.41) is 10.1. The van der Waals surface area contributed by atoms with Gasteiger partial charge in [0, 0.05) is 5.92 Å². The fourth-order valence-electron chi connectivity index (χ4n) is 2.21. The Labute approximate surface area is 110 Å². The molecule has 0 amide bonds. The predicted octanol–water partition coefficient (Wildman–Crippen LogP) is 2.00. The van der Waals surface area contributed by atoms with Gasteiger partial charge >= 0.3 is 5.97 Å². The van der Waals surface area contributed by atoms with E-state index < -0.39 is 6.10 Å². The van der Waals surface area contributed by atoms with Crippen molar-refractivity contribution in [1.82, 2.24) is 0 Å². The summed E-state index contributed by atoms with van der Waals surface area (Å²) < 4.78 is 10.8. The van der Waals surface area contributed by atoms with Gasteiger partial charge in [-0.05, 0) is 26.2 Å². The molecule has 0 spiro atoms. The van der Waals surface area contributed by atoms with Crippen LogP contribution in [0.2, 0.25) is 0 Å². The molecule has 0 unspecified atom stereocenters. The largest absolute Gasteiger partial charge is 0.462 e. The van der Waals surface area contributed by atoms with Crippen molar-refractivity contribution in [3.05, 3.63) is 0 Å². The normalized spacial score (nSPS) is 34.7. The molecule has 0 aliphatic carbocycles. The first kappa shape index (κ1) is 15.4. The Hall–Kier alpha value is -0.610. The van der Waals surface area contributed by atoms with Crippen molar-refractivity contribution >= 4 is 5.97 Å². The average Bonchev–Trinajstić information content (AvgIpc) is 2.31. The average molecular weight is 258 g/mol. The molecule has 4 atom stereocenters. The number of carbonyl (C=O) groups is 1. The summed E-state index contributed by atoms with van der Waals surface area (Å²) in [6, 6.07) is 0. The number of carbonyl (C=O) groups excluding carboxylic acids is 1. The molecule has 0 aromatic carbocycles. The van der Waals surface area contributed by atoms with E-state index in [1.165, 1.54) is 0 Å². The van der Waals surface area contributed by atoms with Crippen molar-refractivity contribution in [3.8, 4) is 0 Å². The third kappa shape index (κ3) is 4.58. The van der Waals surface area contributed by atoms with Gasteiger partial charge in [-0.2, -0.15) is 0 Å². The van der Waals surface area contributed by atoms with Crippen LogP contribution in [0.4, 0.5) is 0 Å². The summed E-state index contributed by atoms with van der Waals surface area (Å²) in [6.45, 7) is 8.56. The van der Waals surface area contributed by atoms with Crippen molar-refractivity contribution < 1.29 is 19.4 Å². The van der Waals surface area contributed by atoms with Gasteiger partial charge in [0.1, 0.15) is 6.10 Å². The zero-order valence-corrected chi connectivity index (χ0v) is 11.9. The summed E-state index contributed by atoms with van der Waals surface area (Å²) in [5.41, 5.74) is 0. The molecule has 0 saturated carbocycles. The molecule has 1 aliphatic heterocycles. The smallest absolute Gasteiger partial charge is 0.311 e. The molecule has 0 radical (unpaired) electrons. The molecule has 0 bridgehead atoms. The number of hydrogen-bond acceptors (Lipinski definition) is 4. The van der Waals surface area contributed by atoms with Crippen molar-refractivity contribution in [2.45, 2.75) is 52.7 Å². The van der Waals surface area contributed by atoms with Crippen LogP contribution in [0.5, 0.6) is 0 Å². The van der Waals surface area contributed by atoms with Crippen LogP contribution in [-0.4, -0.2) is 36.5 Å². The zero-order valence-electron chi connectivity index (χ0n) is 11.9. The number of aliphatic hydroxyl groups is 1. The second kappa shape index (κ2) is 7.10. The van der Waals surface area contributed by atoms with Crippen LogP contribution in [0.15, 0.2) is 0 Å². The van der Waals surface area contributed by atoms with Crippen LogP contribution in [0.25, 0.3) is 0 Å². The third-order valence-corrected chi connectivity index (χ3v) is 3.54. The van der Waals surface area contributed by atoms with Gasteiger partial charge in [-0.3, -0.25) is 4.79 Å². The molecule has 1 saturated heterocycles. The SMILES string of the molecule is CC(C)CC[C@H]1[C@H](C)OC(=O)[C@@H](C)COC[C@@H]1O. The molecule has 4 nitrogen and oxygen atoms in total. The molecule has 4 heteroatoms. The van der Waals surface area contributed by atoms with Crippen LogP contribution in [-0.2, 0) is 14.3 Å². The topological polar surface area (TPSA) is 55.8 Å². The molecule has 1 aliphatic rings. The van der Waals surface area contributed by atoms with E-state index in [2.05, 4.69) is 13.8 Å². The van der Waals surface area contributed by atoms with Gasteiger partial charge < -0.3 is 14.6 Å². The summed E-state index contributed by atoms with van der Waals surface area (Å²) >= 11 is 0. The molecule has 1 rings (SSSR count). The molecule has 18 heavy (non-hydrogen) atoms. The first-order valence-electron chi connectivity index (χ1n) is 6.88. The van der Waals surface area contributed by atoms with Crippen molar-refractivity contribution in [2.75, 3.05) is 13.2 Å². The highest BCUT2D eigenvalue weighted by Crippen LogP contribution is 2.24. The summed E-state index contributed by atoms with van der Waals surface area (Å²) in [4.78, 5) is 11.7. The molecule has 106 valence electrons. The fourth-order valence-corrected chi connectivity index (χ4v) is 2.21. The van der Waals surface area contributed by atoms with Gasteiger partial charge in [0.25, 0.3) is 0 Å². The number of esters is 1. The van der Waals surface area contributed by atoms with Crippen LogP contribution in [0.1, 0.15) is 40.5 Å². The standard InChI is InChI=1S/C14H26O4/c1-9(2)5-6-12-11(4)18-14(16)10(3)7-17-8-13(12)15/h9-13,15H,5-8H2,1-4H3/t10-,11-,12-,13-/m0/s1. The minimum Gasteiger partial charge on any atom is -0.462 e. The molecule has 1 N–H and O–H groups in total. The second-order valence-electron chi connectivity index (χ2n) is 5.78. The maximum Gasteiger partial charge on any atom is 0.311 e. The Bertz CT molecular complexity index is 265.